The summed E-state index contributed by atoms with van der Waals surface area (Å²) in [6, 6.07) is 20.2. The number of aryl methyl sites for hydroxylation is 1. The summed E-state index contributed by atoms with van der Waals surface area (Å²) in [5, 5.41) is 11.3. The maximum absolute atomic E-state index is 5.35. The summed E-state index contributed by atoms with van der Waals surface area (Å²) in [6.45, 7) is 2.78. The fraction of sp³-hybridized carbons (Fsp3) is 0.111. The molecule has 0 radical (unpaired) electrons. The first-order chi connectivity index (χ1) is 11.2. The molecule has 0 spiro atoms. The third-order valence-electron chi connectivity index (χ3n) is 3.46. The summed E-state index contributed by atoms with van der Waals surface area (Å²) >= 11 is 5.35. The topological polar surface area (TPSA) is 41.9 Å². The van der Waals surface area contributed by atoms with Gasteiger partial charge in [-0.3, -0.25) is 4.68 Å². The predicted molar refractivity (Wildman–Crippen MR) is 98.8 cm³/mol. The van der Waals surface area contributed by atoms with E-state index >= 15 is 0 Å². The molecule has 2 N–H and O–H groups in total. The highest BCUT2D eigenvalue weighted by Gasteiger charge is 2.04. The molecule has 1 aromatic heterocycles. The first-order valence-corrected chi connectivity index (χ1v) is 7.82. The lowest BCUT2D eigenvalue weighted by Crippen LogP contribution is -2.20. The van der Waals surface area contributed by atoms with Crippen LogP contribution in [0, 0.1) is 6.92 Å². The molecule has 0 fully saturated rings. The number of hydrogen-bond acceptors (Lipinski definition) is 2. The Bertz CT molecular complexity index is 796. The van der Waals surface area contributed by atoms with E-state index in [9.17, 15) is 0 Å². The molecule has 2 aromatic carbocycles. The van der Waals surface area contributed by atoms with E-state index in [1.807, 2.05) is 66.3 Å². The molecule has 0 amide bonds. The van der Waals surface area contributed by atoms with Crippen molar-refractivity contribution in [2.24, 2.45) is 0 Å². The number of hydrogen-bond donors (Lipinski definition) is 2. The first kappa shape index (κ1) is 15.2. The third-order valence-corrected chi connectivity index (χ3v) is 3.67. The van der Waals surface area contributed by atoms with Gasteiger partial charge in [0, 0.05) is 18.0 Å². The quantitative estimate of drug-likeness (QED) is 0.711. The van der Waals surface area contributed by atoms with Gasteiger partial charge in [0.1, 0.15) is 0 Å². The fourth-order valence-electron chi connectivity index (χ4n) is 2.27. The molecular formula is C18H18N4S. The zero-order valence-electron chi connectivity index (χ0n) is 12.9. The molecule has 0 aliphatic carbocycles. The Kier molecular flexibility index (Phi) is 4.68. The Morgan fingerprint density at radius 1 is 1.00 bits per heavy atom. The first-order valence-electron chi connectivity index (χ1n) is 7.42. The van der Waals surface area contributed by atoms with Crippen molar-refractivity contribution in [1.29, 1.82) is 0 Å². The number of thiocarbonyl (C=S) groups is 1. The van der Waals surface area contributed by atoms with E-state index in [1.165, 1.54) is 5.56 Å². The van der Waals surface area contributed by atoms with Crippen LogP contribution in [-0.2, 0) is 6.54 Å². The van der Waals surface area contributed by atoms with E-state index in [4.69, 9.17) is 12.2 Å². The van der Waals surface area contributed by atoms with Gasteiger partial charge in [0.05, 0.1) is 6.54 Å². The van der Waals surface area contributed by atoms with Gasteiger partial charge in [-0.25, -0.2) is 0 Å². The minimum Gasteiger partial charge on any atom is -0.332 e. The highest BCUT2D eigenvalue weighted by atomic mass is 32.1. The summed E-state index contributed by atoms with van der Waals surface area (Å²) in [6.07, 6.45) is 1.94. The Morgan fingerprint density at radius 2 is 1.74 bits per heavy atom. The van der Waals surface area contributed by atoms with Crippen LogP contribution in [0.5, 0.6) is 0 Å². The standard InChI is InChI=1S/C18H18N4S/c1-14-7-5-6-10-16(14)19-18(23)20-17-11-12-22(21-17)13-15-8-3-2-4-9-15/h2-12H,13H2,1H3,(H2,19,20,21,23). The second-order valence-electron chi connectivity index (χ2n) is 5.28. The van der Waals surface area contributed by atoms with E-state index in [0.717, 1.165) is 23.6 Å². The van der Waals surface area contributed by atoms with Crippen molar-refractivity contribution in [3.8, 4) is 0 Å². The van der Waals surface area contributed by atoms with Gasteiger partial charge in [-0.1, -0.05) is 48.5 Å². The van der Waals surface area contributed by atoms with E-state index in [-0.39, 0.29) is 0 Å². The number of aromatic nitrogens is 2. The number of para-hydroxylation sites is 1. The number of anilines is 2. The Balaban J connectivity index is 1.60. The SMILES string of the molecule is Cc1ccccc1NC(=S)Nc1ccn(Cc2ccccc2)n1. The number of rotatable bonds is 4. The van der Waals surface area contributed by atoms with Gasteiger partial charge >= 0.3 is 0 Å². The maximum Gasteiger partial charge on any atom is 0.176 e. The van der Waals surface area contributed by atoms with Crippen LogP contribution in [0.2, 0.25) is 0 Å². The number of benzene rings is 2. The third kappa shape index (κ3) is 4.17. The van der Waals surface area contributed by atoms with Gasteiger partial charge < -0.3 is 10.6 Å². The van der Waals surface area contributed by atoms with Crippen molar-refractivity contribution in [3.05, 3.63) is 78.0 Å². The van der Waals surface area contributed by atoms with Gasteiger partial charge in [0.2, 0.25) is 0 Å². The Labute approximate surface area is 141 Å². The second-order valence-corrected chi connectivity index (χ2v) is 5.69. The zero-order chi connectivity index (χ0) is 16.1. The van der Waals surface area contributed by atoms with E-state index < -0.39 is 0 Å². The number of nitrogens with one attached hydrogen (secondary N) is 2. The van der Waals surface area contributed by atoms with Crippen LogP contribution in [0.15, 0.2) is 66.9 Å². The van der Waals surface area contributed by atoms with E-state index in [0.29, 0.717) is 5.11 Å². The van der Waals surface area contributed by atoms with Crippen molar-refractivity contribution in [2.75, 3.05) is 10.6 Å². The van der Waals surface area contributed by atoms with Gasteiger partial charge in [-0.15, -0.1) is 0 Å². The summed E-state index contributed by atoms with van der Waals surface area (Å²) in [7, 11) is 0. The van der Waals surface area contributed by atoms with Crippen LogP contribution in [-0.4, -0.2) is 14.9 Å². The average molecular weight is 322 g/mol. The predicted octanol–water partition coefficient (Wildman–Crippen LogP) is 4.05. The zero-order valence-corrected chi connectivity index (χ0v) is 13.7. The molecular weight excluding hydrogens is 304 g/mol. The molecule has 1 heterocycles. The van der Waals surface area contributed by atoms with Crippen LogP contribution in [0.1, 0.15) is 11.1 Å². The van der Waals surface area contributed by atoms with E-state index in [1.54, 1.807) is 0 Å². The second kappa shape index (κ2) is 7.07. The monoisotopic (exact) mass is 322 g/mol. The molecule has 0 aliphatic rings. The van der Waals surface area contributed by atoms with Crippen molar-refractivity contribution < 1.29 is 0 Å². The van der Waals surface area contributed by atoms with Crippen LogP contribution in [0.3, 0.4) is 0 Å². The van der Waals surface area contributed by atoms with Gasteiger partial charge in [-0.2, -0.15) is 5.10 Å². The molecule has 4 nitrogen and oxygen atoms in total. The molecule has 0 unspecified atom stereocenters. The largest absolute Gasteiger partial charge is 0.332 e. The van der Waals surface area contributed by atoms with Gasteiger partial charge in [0.15, 0.2) is 10.9 Å². The van der Waals surface area contributed by atoms with Crippen LogP contribution in [0.25, 0.3) is 0 Å². The maximum atomic E-state index is 5.35. The van der Waals surface area contributed by atoms with Crippen LogP contribution >= 0.6 is 12.2 Å². The molecule has 5 heteroatoms. The van der Waals surface area contributed by atoms with Gasteiger partial charge in [-0.05, 0) is 36.3 Å². The summed E-state index contributed by atoms with van der Waals surface area (Å²) in [5.74, 6) is 0.729. The molecule has 0 aliphatic heterocycles. The molecule has 0 saturated carbocycles. The molecule has 23 heavy (non-hydrogen) atoms. The van der Waals surface area contributed by atoms with Crippen molar-refractivity contribution >= 4 is 28.8 Å². The van der Waals surface area contributed by atoms with Crippen molar-refractivity contribution in [1.82, 2.24) is 9.78 Å². The molecule has 0 bridgehead atoms. The number of nitrogens with zero attached hydrogens (tertiary/aromatic N) is 2. The molecule has 3 rings (SSSR count). The lowest BCUT2D eigenvalue weighted by Gasteiger charge is -2.10. The van der Waals surface area contributed by atoms with Crippen molar-refractivity contribution in [2.45, 2.75) is 13.5 Å². The highest BCUT2D eigenvalue weighted by molar-refractivity contribution is 7.80. The summed E-state index contributed by atoms with van der Waals surface area (Å²) in [5.41, 5.74) is 3.35. The van der Waals surface area contributed by atoms with E-state index in [2.05, 4.69) is 27.9 Å². The molecule has 3 aromatic rings. The normalized spacial score (nSPS) is 10.3. The summed E-state index contributed by atoms with van der Waals surface area (Å²) in [4.78, 5) is 0. The van der Waals surface area contributed by atoms with Gasteiger partial charge in [0.25, 0.3) is 0 Å². The molecule has 0 atom stereocenters. The minimum absolute atomic E-state index is 0.532. The Morgan fingerprint density at radius 3 is 2.52 bits per heavy atom. The van der Waals surface area contributed by atoms with Crippen LogP contribution in [0.4, 0.5) is 11.5 Å². The van der Waals surface area contributed by atoms with Crippen molar-refractivity contribution in [3.63, 3.8) is 0 Å². The Hall–Kier alpha value is -2.66. The lowest BCUT2D eigenvalue weighted by molar-refractivity contribution is 0.690. The molecule has 116 valence electrons. The lowest BCUT2D eigenvalue weighted by atomic mass is 10.2. The summed E-state index contributed by atoms with van der Waals surface area (Å²) < 4.78 is 1.88. The fourth-order valence-corrected chi connectivity index (χ4v) is 2.48. The molecule has 0 saturated heterocycles. The smallest absolute Gasteiger partial charge is 0.176 e. The van der Waals surface area contributed by atoms with Crippen LogP contribution < -0.4 is 10.6 Å². The highest BCUT2D eigenvalue weighted by Crippen LogP contribution is 2.14. The minimum atomic E-state index is 0.532. The average Bonchev–Trinajstić information content (AvgIpc) is 2.97.